The zero-order valence-corrected chi connectivity index (χ0v) is 11.9. The lowest BCUT2D eigenvalue weighted by Crippen LogP contribution is -2.40. The molecule has 0 spiro atoms. The Kier molecular flexibility index (Phi) is 4.98. The topological polar surface area (TPSA) is 66.4 Å². The molecule has 17 heavy (non-hydrogen) atoms. The van der Waals surface area contributed by atoms with E-state index >= 15 is 0 Å². The van der Waals surface area contributed by atoms with Crippen molar-refractivity contribution in [3.63, 3.8) is 0 Å². The van der Waals surface area contributed by atoms with Gasteiger partial charge in [0.2, 0.25) is 0 Å². The number of nitrogens with one attached hydrogen (secondary N) is 1. The second-order valence-electron chi connectivity index (χ2n) is 5.87. The zero-order chi connectivity index (χ0) is 13.1. The minimum absolute atomic E-state index is 0.172. The van der Waals surface area contributed by atoms with Gasteiger partial charge in [0, 0.05) is 19.2 Å². The van der Waals surface area contributed by atoms with E-state index in [9.17, 15) is 8.42 Å². The van der Waals surface area contributed by atoms with Crippen LogP contribution in [0.25, 0.3) is 0 Å². The first-order valence-electron chi connectivity index (χ1n) is 6.34. The molecule has 5 heteroatoms. The summed E-state index contributed by atoms with van der Waals surface area (Å²) in [6.45, 7) is 5.88. The molecule has 0 heterocycles. The van der Waals surface area contributed by atoms with E-state index in [-0.39, 0.29) is 18.4 Å². The van der Waals surface area contributed by atoms with Crippen LogP contribution in [0.15, 0.2) is 0 Å². The fourth-order valence-corrected chi connectivity index (χ4v) is 3.21. The summed E-state index contributed by atoms with van der Waals surface area (Å²) in [5.41, 5.74) is 0. The average Bonchev–Trinajstić information content (AvgIpc) is 2.63. The third-order valence-electron chi connectivity index (χ3n) is 3.60. The van der Waals surface area contributed by atoms with Gasteiger partial charge in [0.25, 0.3) is 0 Å². The van der Waals surface area contributed by atoms with Gasteiger partial charge in [0.1, 0.15) is 0 Å². The van der Waals surface area contributed by atoms with Crippen molar-refractivity contribution in [2.75, 3.05) is 18.9 Å². The highest BCUT2D eigenvalue weighted by Gasteiger charge is 2.30. The highest BCUT2D eigenvalue weighted by molar-refractivity contribution is 7.92. The van der Waals surface area contributed by atoms with Gasteiger partial charge >= 0.3 is 0 Å². The van der Waals surface area contributed by atoms with E-state index in [1.807, 2.05) is 0 Å². The third kappa shape index (κ3) is 3.93. The van der Waals surface area contributed by atoms with E-state index in [0.29, 0.717) is 12.5 Å². The van der Waals surface area contributed by atoms with Gasteiger partial charge in [-0.25, -0.2) is 8.42 Å². The Hall–Kier alpha value is -0.130. The maximum Gasteiger partial charge on any atom is 0.156 e. The maximum atomic E-state index is 11.9. The summed E-state index contributed by atoms with van der Waals surface area (Å²) in [5, 5.41) is 12.4. The van der Waals surface area contributed by atoms with Crippen molar-refractivity contribution in [2.24, 2.45) is 5.92 Å². The molecule has 1 aliphatic carbocycles. The Morgan fingerprint density at radius 2 is 1.94 bits per heavy atom. The lowest BCUT2D eigenvalue weighted by atomic mass is 10.1. The van der Waals surface area contributed by atoms with Gasteiger partial charge in [0.05, 0.1) is 10.5 Å². The minimum Gasteiger partial charge on any atom is -0.396 e. The van der Waals surface area contributed by atoms with Crippen LogP contribution < -0.4 is 5.32 Å². The summed E-state index contributed by atoms with van der Waals surface area (Å²) >= 11 is 0. The molecule has 0 aromatic rings. The van der Waals surface area contributed by atoms with Crippen LogP contribution in [0.1, 0.15) is 40.0 Å². The van der Waals surface area contributed by atoms with Crippen LogP contribution in [-0.2, 0) is 9.84 Å². The van der Waals surface area contributed by atoms with Gasteiger partial charge in [-0.1, -0.05) is 6.42 Å². The summed E-state index contributed by atoms with van der Waals surface area (Å²) in [4.78, 5) is 0. The highest BCUT2D eigenvalue weighted by atomic mass is 32.2. The summed E-state index contributed by atoms with van der Waals surface area (Å²) in [6.07, 6.45) is 3.20. The lowest BCUT2D eigenvalue weighted by Gasteiger charge is -2.22. The third-order valence-corrected chi connectivity index (χ3v) is 6.21. The van der Waals surface area contributed by atoms with Gasteiger partial charge in [-0.15, -0.1) is 0 Å². The van der Waals surface area contributed by atoms with Gasteiger partial charge in [-0.3, -0.25) is 0 Å². The lowest BCUT2D eigenvalue weighted by molar-refractivity contribution is 0.206. The Labute approximate surface area is 105 Å². The number of rotatable bonds is 5. The monoisotopic (exact) mass is 263 g/mol. The highest BCUT2D eigenvalue weighted by Crippen LogP contribution is 2.25. The quantitative estimate of drug-likeness (QED) is 0.775. The maximum absolute atomic E-state index is 11.9. The molecule has 1 fully saturated rings. The second kappa shape index (κ2) is 5.67. The molecule has 0 aliphatic heterocycles. The van der Waals surface area contributed by atoms with Crippen molar-refractivity contribution in [2.45, 2.75) is 50.8 Å². The van der Waals surface area contributed by atoms with E-state index in [2.05, 4.69) is 5.32 Å². The molecule has 1 saturated carbocycles. The standard InChI is InChI=1S/C12H25NO3S/c1-12(2,3)17(15,16)8-7-13-11-6-4-5-10(11)9-14/h10-11,13-14H,4-9H2,1-3H3. The van der Waals surface area contributed by atoms with Crippen LogP contribution in [0.5, 0.6) is 0 Å². The summed E-state index contributed by atoms with van der Waals surface area (Å²) in [7, 11) is -3.04. The number of aliphatic hydroxyl groups is 1. The molecule has 102 valence electrons. The predicted molar refractivity (Wildman–Crippen MR) is 69.8 cm³/mol. The fourth-order valence-electron chi connectivity index (χ4n) is 2.21. The molecule has 2 N–H and O–H groups in total. The molecule has 0 aromatic heterocycles. The molecule has 1 rings (SSSR count). The van der Waals surface area contributed by atoms with E-state index in [1.165, 1.54) is 0 Å². The smallest absolute Gasteiger partial charge is 0.156 e. The Morgan fingerprint density at radius 1 is 1.29 bits per heavy atom. The number of hydrogen-bond donors (Lipinski definition) is 2. The molecule has 0 saturated heterocycles. The summed E-state index contributed by atoms with van der Waals surface area (Å²) < 4.78 is 23.1. The van der Waals surface area contributed by atoms with Crippen LogP contribution in [0.3, 0.4) is 0 Å². The Balaban J connectivity index is 2.38. The van der Waals surface area contributed by atoms with Crippen molar-refractivity contribution in [3.05, 3.63) is 0 Å². The summed E-state index contributed by atoms with van der Waals surface area (Å²) in [6, 6.07) is 0.287. The fraction of sp³-hybridized carbons (Fsp3) is 1.00. The first-order valence-corrected chi connectivity index (χ1v) is 7.99. The van der Waals surface area contributed by atoms with Crippen molar-refractivity contribution in [1.29, 1.82) is 0 Å². The Morgan fingerprint density at radius 3 is 2.47 bits per heavy atom. The van der Waals surface area contributed by atoms with Gasteiger partial charge in [0.15, 0.2) is 9.84 Å². The average molecular weight is 263 g/mol. The van der Waals surface area contributed by atoms with E-state index < -0.39 is 14.6 Å². The molecular weight excluding hydrogens is 238 g/mol. The SMILES string of the molecule is CC(C)(C)S(=O)(=O)CCNC1CCCC1CO. The normalized spacial score (nSPS) is 26.4. The van der Waals surface area contributed by atoms with E-state index in [1.54, 1.807) is 20.8 Å². The Bertz CT molecular complexity index is 332. The van der Waals surface area contributed by atoms with Crippen LogP contribution in [0.4, 0.5) is 0 Å². The molecule has 0 bridgehead atoms. The first kappa shape index (κ1) is 14.9. The number of sulfone groups is 1. The van der Waals surface area contributed by atoms with Crippen LogP contribution in [0.2, 0.25) is 0 Å². The van der Waals surface area contributed by atoms with Gasteiger partial charge in [-0.05, 0) is 39.5 Å². The van der Waals surface area contributed by atoms with Crippen molar-refractivity contribution < 1.29 is 13.5 Å². The molecular formula is C12H25NO3S. The molecule has 0 amide bonds. The van der Waals surface area contributed by atoms with Crippen LogP contribution in [-0.4, -0.2) is 43.2 Å². The van der Waals surface area contributed by atoms with Crippen molar-refractivity contribution in [1.82, 2.24) is 5.32 Å². The minimum atomic E-state index is -3.04. The van der Waals surface area contributed by atoms with Gasteiger partial charge in [-0.2, -0.15) is 0 Å². The molecule has 4 nitrogen and oxygen atoms in total. The first-order chi connectivity index (χ1) is 7.78. The molecule has 1 aliphatic rings. The van der Waals surface area contributed by atoms with Crippen LogP contribution in [0, 0.1) is 5.92 Å². The van der Waals surface area contributed by atoms with Crippen LogP contribution >= 0.6 is 0 Å². The largest absolute Gasteiger partial charge is 0.396 e. The van der Waals surface area contributed by atoms with Crippen molar-refractivity contribution >= 4 is 9.84 Å². The van der Waals surface area contributed by atoms with Crippen molar-refractivity contribution in [3.8, 4) is 0 Å². The van der Waals surface area contributed by atoms with Gasteiger partial charge < -0.3 is 10.4 Å². The molecule has 2 atom stereocenters. The molecule has 2 unspecified atom stereocenters. The molecule has 0 aromatic carbocycles. The number of hydrogen-bond acceptors (Lipinski definition) is 4. The second-order valence-corrected chi connectivity index (χ2v) is 8.73. The number of aliphatic hydroxyl groups excluding tert-OH is 1. The molecule has 0 radical (unpaired) electrons. The predicted octanol–water partition coefficient (Wildman–Crippen LogP) is 0.950. The van der Waals surface area contributed by atoms with E-state index in [4.69, 9.17) is 5.11 Å². The summed E-state index contributed by atoms with van der Waals surface area (Å²) in [5.74, 6) is 0.470. The van der Waals surface area contributed by atoms with E-state index in [0.717, 1.165) is 19.3 Å². The zero-order valence-electron chi connectivity index (χ0n) is 11.1.